The molecule has 12 heteroatoms. The molecule has 2 heterocycles. The lowest BCUT2D eigenvalue weighted by atomic mass is 10.2. The lowest BCUT2D eigenvalue weighted by Gasteiger charge is -2.12. The molecule has 1 N–H and O–H groups in total. The van der Waals surface area contributed by atoms with Gasteiger partial charge in [-0.2, -0.15) is 0 Å². The molecule has 0 fully saturated rings. The Hall–Kier alpha value is -4.19. The molecule has 9 nitrogen and oxygen atoms in total. The van der Waals surface area contributed by atoms with Gasteiger partial charge in [-0.05, 0) is 23.8 Å². The van der Waals surface area contributed by atoms with E-state index in [-0.39, 0.29) is 17.4 Å². The Bertz CT molecular complexity index is 1440. The first-order valence-electron chi connectivity index (χ1n) is 9.79. The zero-order valence-corrected chi connectivity index (χ0v) is 18.5. The van der Waals surface area contributed by atoms with Crippen molar-refractivity contribution in [2.24, 2.45) is 0 Å². The summed E-state index contributed by atoms with van der Waals surface area (Å²) in [5.41, 5.74) is -0.149. The van der Waals surface area contributed by atoms with Crippen LogP contribution in [-0.2, 0) is 15.8 Å². The first kappa shape index (κ1) is 23.0. The number of nitrogens with zero attached hydrogens (tertiary/aromatic N) is 4. The topological polar surface area (TPSA) is 116 Å². The largest absolute Gasteiger partial charge is 0.481 e. The van der Waals surface area contributed by atoms with Gasteiger partial charge < -0.3 is 4.74 Å². The maximum Gasteiger partial charge on any atom is 0.303 e. The highest BCUT2D eigenvalue weighted by Gasteiger charge is 2.28. The third-order valence-electron chi connectivity index (χ3n) is 4.64. The third kappa shape index (κ3) is 4.76. The van der Waals surface area contributed by atoms with Crippen molar-refractivity contribution >= 4 is 15.9 Å². The molecule has 0 saturated carbocycles. The van der Waals surface area contributed by atoms with E-state index in [0.717, 1.165) is 22.8 Å². The van der Waals surface area contributed by atoms with E-state index in [9.17, 15) is 22.0 Å². The van der Waals surface area contributed by atoms with E-state index >= 15 is 0 Å². The van der Waals surface area contributed by atoms with Crippen LogP contribution in [0.1, 0.15) is 16.2 Å². The van der Waals surface area contributed by atoms with Gasteiger partial charge in [-0.15, -0.1) is 10.2 Å². The average Bonchev–Trinajstić information content (AvgIpc) is 3.24. The lowest BCUT2D eigenvalue weighted by Crippen LogP contribution is -2.33. The van der Waals surface area contributed by atoms with E-state index in [1.54, 1.807) is 36.4 Å². The summed E-state index contributed by atoms with van der Waals surface area (Å²) in [4.78, 5) is 17.1. The molecule has 4 rings (SSSR count). The Kier molecular flexibility index (Phi) is 6.32. The predicted molar refractivity (Wildman–Crippen MR) is 118 cm³/mol. The van der Waals surface area contributed by atoms with Gasteiger partial charge in [-0.25, -0.2) is 26.9 Å². The fourth-order valence-corrected chi connectivity index (χ4v) is 4.26. The molecule has 34 heavy (non-hydrogen) atoms. The molecule has 174 valence electrons. The minimum atomic E-state index is -4.17. The van der Waals surface area contributed by atoms with Crippen LogP contribution in [0.3, 0.4) is 0 Å². The van der Waals surface area contributed by atoms with Crippen molar-refractivity contribution in [2.45, 2.75) is 5.75 Å². The fourth-order valence-electron chi connectivity index (χ4n) is 3.18. The van der Waals surface area contributed by atoms with Crippen LogP contribution < -0.4 is 9.46 Å². The number of hydrogen-bond acceptors (Lipinski definition) is 7. The molecule has 0 bridgehead atoms. The van der Waals surface area contributed by atoms with Crippen molar-refractivity contribution < 1.29 is 26.7 Å². The zero-order valence-electron chi connectivity index (χ0n) is 17.6. The number of benzene rings is 2. The van der Waals surface area contributed by atoms with E-state index in [2.05, 4.69) is 15.2 Å². The summed E-state index contributed by atoms with van der Waals surface area (Å²) in [7, 11) is -2.79. The van der Waals surface area contributed by atoms with Crippen LogP contribution >= 0.6 is 0 Å². The molecule has 0 saturated heterocycles. The second-order valence-corrected chi connectivity index (χ2v) is 8.72. The molecule has 0 aliphatic carbocycles. The number of aromatic nitrogens is 4. The Morgan fingerprint density at radius 2 is 1.65 bits per heavy atom. The number of ether oxygens (including phenoxy) is 1. The number of hydrogen-bond donors (Lipinski definition) is 1. The number of nitrogens with one attached hydrogen (secondary N) is 1. The van der Waals surface area contributed by atoms with Gasteiger partial charge >= 0.3 is 5.91 Å². The van der Waals surface area contributed by atoms with Crippen LogP contribution in [0.2, 0.25) is 0 Å². The van der Waals surface area contributed by atoms with E-state index in [4.69, 9.17) is 4.74 Å². The summed E-state index contributed by atoms with van der Waals surface area (Å²) in [5, 5.41) is 7.58. The van der Waals surface area contributed by atoms with E-state index in [1.807, 2.05) is 4.72 Å². The third-order valence-corrected chi connectivity index (χ3v) is 5.85. The second-order valence-electron chi connectivity index (χ2n) is 6.99. The van der Waals surface area contributed by atoms with Gasteiger partial charge in [0.1, 0.15) is 23.0 Å². The number of carbonyl (C=O) groups is 1. The van der Waals surface area contributed by atoms with Gasteiger partial charge in [-0.1, -0.05) is 42.5 Å². The summed E-state index contributed by atoms with van der Waals surface area (Å²) in [6.45, 7) is 0. The first-order chi connectivity index (χ1) is 16.3. The number of amides is 1. The van der Waals surface area contributed by atoms with Gasteiger partial charge in [0.15, 0.2) is 5.82 Å². The molecule has 2 aromatic heterocycles. The predicted octanol–water partition coefficient (Wildman–Crippen LogP) is 2.88. The van der Waals surface area contributed by atoms with Gasteiger partial charge in [0, 0.05) is 6.07 Å². The minimum Gasteiger partial charge on any atom is -0.481 e. The average molecular weight is 485 g/mol. The highest BCUT2D eigenvalue weighted by molar-refractivity contribution is 7.89. The molecule has 4 aromatic rings. The first-order valence-corrected chi connectivity index (χ1v) is 11.4. The van der Waals surface area contributed by atoms with Gasteiger partial charge in [-0.3, -0.25) is 9.36 Å². The van der Waals surface area contributed by atoms with Crippen LogP contribution in [0.15, 0.2) is 66.7 Å². The van der Waals surface area contributed by atoms with Crippen molar-refractivity contribution in [1.82, 2.24) is 24.5 Å². The fraction of sp³-hybridized carbons (Fsp3) is 0.0909. The Balaban J connectivity index is 1.80. The van der Waals surface area contributed by atoms with E-state index < -0.39 is 44.8 Å². The van der Waals surface area contributed by atoms with Crippen LogP contribution in [0.5, 0.6) is 5.88 Å². The van der Waals surface area contributed by atoms with Crippen molar-refractivity contribution in [1.29, 1.82) is 0 Å². The summed E-state index contributed by atoms with van der Waals surface area (Å²) < 4.78 is 62.3. The molecule has 0 unspecified atom stereocenters. The van der Waals surface area contributed by atoms with E-state index in [0.29, 0.717) is 5.56 Å². The van der Waals surface area contributed by atoms with Crippen molar-refractivity contribution in [3.8, 4) is 23.1 Å². The highest BCUT2D eigenvalue weighted by Crippen LogP contribution is 2.27. The van der Waals surface area contributed by atoms with Crippen LogP contribution in [-0.4, -0.2) is 41.2 Å². The number of carbonyl (C=O) groups excluding carboxylic acids is 1. The molecule has 1 amide bonds. The quantitative estimate of drug-likeness (QED) is 0.428. The molecule has 0 atom stereocenters. The normalized spacial score (nSPS) is 11.3. The Labute approximate surface area is 193 Å². The van der Waals surface area contributed by atoms with Gasteiger partial charge in [0.2, 0.25) is 21.7 Å². The second kappa shape index (κ2) is 9.35. The Morgan fingerprint density at radius 3 is 2.32 bits per heavy atom. The zero-order chi connectivity index (χ0) is 24.3. The Morgan fingerprint density at radius 1 is 0.971 bits per heavy atom. The molecule has 2 aromatic carbocycles. The summed E-state index contributed by atoms with van der Waals surface area (Å²) in [5.74, 6) is -4.44. The van der Waals surface area contributed by atoms with Crippen molar-refractivity contribution in [3.63, 3.8) is 0 Å². The smallest absolute Gasteiger partial charge is 0.303 e. The molecule has 0 spiro atoms. The summed E-state index contributed by atoms with van der Waals surface area (Å²) in [6.07, 6.45) is 0. The van der Waals surface area contributed by atoms with Gasteiger partial charge in [0.25, 0.3) is 0 Å². The molecule has 0 aliphatic rings. The lowest BCUT2D eigenvalue weighted by molar-refractivity contribution is 0.0969. The number of para-hydroxylation sites is 1. The number of methoxy groups -OCH3 is 1. The van der Waals surface area contributed by atoms with Crippen molar-refractivity contribution in [2.75, 3.05) is 7.11 Å². The maximum absolute atomic E-state index is 14.7. The number of halogens is 2. The minimum absolute atomic E-state index is 0.0840. The highest BCUT2D eigenvalue weighted by atomic mass is 32.2. The van der Waals surface area contributed by atoms with Gasteiger partial charge in [0.05, 0.1) is 12.9 Å². The summed E-state index contributed by atoms with van der Waals surface area (Å²) in [6, 6.07) is 15.8. The monoisotopic (exact) mass is 485 g/mol. The number of sulfonamides is 1. The van der Waals surface area contributed by atoms with Crippen LogP contribution in [0.4, 0.5) is 8.78 Å². The molecule has 0 radical (unpaired) electrons. The standard InChI is InChI=1S/C22H17F2N5O4S/c1-33-18-12-6-11-17(25-18)20-26-27-21(29(20)19-15(23)9-5-10-16(19)24)22(30)28-34(31,32)13-14-7-3-2-4-8-14/h2-12H,13H2,1H3,(H,28,30). The molecular weight excluding hydrogens is 468 g/mol. The molecule has 0 aliphatic heterocycles. The maximum atomic E-state index is 14.7. The molecular formula is C22H17F2N5O4S. The number of pyridine rings is 1. The number of rotatable bonds is 7. The van der Waals surface area contributed by atoms with E-state index in [1.165, 1.54) is 19.2 Å². The van der Waals surface area contributed by atoms with Crippen molar-refractivity contribution in [3.05, 3.63) is 89.8 Å². The van der Waals surface area contributed by atoms with Crippen LogP contribution in [0.25, 0.3) is 17.2 Å². The summed E-state index contributed by atoms with van der Waals surface area (Å²) >= 11 is 0. The SMILES string of the molecule is COc1cccc(-c2nnc(C(=O)NS(=O)(=O)Cc3ccccc3)n2-c2c(F)cccc2F)n1. The van der Waals surface area contributed by atoms with Crippen LogP contribution in [0, 0.1) is 11.6 Å².